The van der Waals surface area contributed by atoms with Crippen LogP contribution in [0.25, 0.3) is 16.6 Å². The number of aromatic nitrogens is 7. The van der Waals surface area contributed by atoms with Crippen molar-refractivity contribution in [3.63, 3.8) is 0 Å². The van der Waals surface area contributed by atoms with Crippen LogP contribution < -0.4 is 15.5 Å². The Labute approximate surface area is 383 Å². The number of para-hydroxylation sites is 1. The van der Waals surface area contributed by atoms with Gasteiger partial charge in [0.2, 0.25) is 11.8 Å². The molecule has 3 aliphatic heterocycles. The summed E-state index contributed by atoms with van der Waals surface area (Å²) in [6.07, 6.45) is 6.03. The van der Waals surface area contributed by atoms with E-state index in [0.717, 1.165) is 48.7 Å². The SMILES string of the molecule is N#CC[C@@H]1CN(c2ccn3ncc(C(=O)Nc4cn(C5CCC(CN6CC[C@H](OCC#Cc7cccc8c(C9CCC(=O)NC9=O)nn(C9CC9)c78)[C@H](F)C6)CC5)nc4C(F)F)c3n2)CCO1. The summed E-state index contributed by atoms with van der Waals surface area (Å²) in [6, 6.07) is 9.75. The van der Waals surface area contributed by atoms with Crippen LogP contribution in [0, 0.1) is 29.1 Å². The number of rotatable bonds is 12. The van der Waals surface area contributed by atoms with Crippen molar-refractivity contribution in [1.82, 2.24) is 44.4 Å². The minimum absolute atomic E-state index is 0.0647. The molecule has 4 atom stereocenters. The zero-order valence-electron chi connectivity index (χ0n) is 36.8. The van der Waals surface area contributed by atoms with Gasteiger partial charge in [-0.1, -0.05) is 24.0 Å². The van der Waals surface area contributed by atoms with Crippen molar-refractivity contribution in [3.05, 3.63) is 65.4 Å². The van der Waals surface area contributed by atoms with Crippen molar-refractivity contribution < 1.29 is 37.0 Å². The predicted molar refractivity (Wildman–Crippen MR) is 237 cm³/mol. The maximum absolute atomic E-state index is 15.6. The highest BCUT2D eigenvalue weighted by molar-refractivity contribution is 6.08. The van der Waals surface area contributed by atoms with E-state index in [1.807, 2.05) is 27.8 Å². The number of hydrogen-bond acceptors (Lipinski definition) is 12. The van der Waals surface area contributed by atoms with Crippen molar-refractivity contribution in [2.24, 2.45) is 5.92 Å². The number of piperidine rings is 2. The van der Waals surface area contributed by atoms with Gasteiger partial charge >= 0.3 is 0 Å². The average Bonchev–Trinajstić information content (AvgIpc) is 3.75. The Bertz CT molecular complexity index is 2780. The summed E-state index contributed by atoms with van der Waals surface area (Å²) in [5, 5.41) is 28.4. The molecule has 2 N–H and O–H groups in total. The number of ether oxygens (including phenoxy) is 2. The molecule has 7 heterocycles. The highest BCUT2D eigenvalue weighted by Crippen LogP contribution is 2.41. The molecule has 67 heavy (non-hydrogen) atoms. The molecule has 20 heteroatoms. The van der Waals surface area contributed by atoms with Crippen LogP contribution in [0.15, 0.2) is 42.9 Å². The summed E-state index contributed by atoms with van der Waals surface area (Å²) in [5.74, 6) is 5.46. The molecule has 2 aliphatic carbocycles. The van der Waals surface area contributed by atoms with Crippen LogP contribution in [0.1, 0.15) is 116 Å². The number of halogens is 3. The van der Waals surface area contributed by atoms with Crippen molar-refractivity contribution in [2.45, 2.75) is 107 Å². The number of amides is 3. The lowest BCUT2D eigenvalue weighted by atomic mass is 9.85. The van der Waals surface area contributed by atoms with Gasteiger partial charge in [-0.3, -0.25) is 34.0 Å². The molecule has 5 fully saturated rings. The second-order valence-corrected chi connectivity index (χ2v) is 18.2. The van der Waals surface area contributed by atoms with Crippen LogP contribution in [0.5, 0.6) is 0 Å². The second-order valence-electron chi connectivity index (χ2n) is 18.2. The van der Waals surface area contributed by atoms with E-state index in [9.17, 15) is 23.2 Å². The van der Waals surface area contributed by atoms with Gasteiger partial charge in [0, 0.05) is 56.9 Å². The molecule has 5 aromatic rings. The van der Waals surface area contributed by atoms with E-state index >= 15 is 4.39 Å². The maximum atomic E-state index is 15.6. The molecular weight excluding hydrogens is 870 g/mol. The minimum atomic E-state index is -2.92. The molecule has 0 bridgehead atoms. The third kappa shape index (κ3) is 9.47. The predicted octanol–water partition coefficient (Wildman–Crippen LogP) is 5.65. The van der Waals surface area contributed by atoms with Crippen LogP contribution in [-0.4, -0.2) is 121 Å². The van der Waals surface area contributed by atoms with Gasteiger partial charge in [-0.2, -0.15) is 20.6 Å². The number of carbonyl (C=O) groups excluding carboxylic acids is 3. The minimum Gasteiger partial charge on any atom is -0.373 e. The van der Waals surface area contributed by atoms with E-state index in [-0.39, 0.29) is 72.9 Å². The van der Waals surface area contributed by atoms with E-state index < -0.39 is 36.2 Å². The number of hydrogen-bond donors (Lipinski definition) is 2. The number of benzene rings is 1. The van der Waals surface area contributed by atoms with Crippen molar-refractivity contribution >= 4 is 45.8 Å². The monoisotopic (exact) mass is 920 g/mol. The third-order valence-corrected chi connectivity index (χ3v) is 13.7. The topological polar surface area (TPSA) is 190 Å². The normalized spacial score (nSPS) is 25.0. The smallest absolute Gasteiger partial charge is 0.284 e. The fourth-order valence-corrected chi connectivity index (χ4v) is 10.0. The first-order valence-corrected chi connectivity index (χ1v) is 23.2. The Hall–Kier alpha value is -6.35. The van der Waals surface area contributed by atoms with Gasteiger partial charge < -0.3 is 19.7 Å². The Morgan fingerprint density at radius 1 is 1.03 bits per heavy atom. The molecule has 2 saturated carbocycles. The van der Waals surface area contributed by atoms with E-state index in [0.29, 0.717) is 69.4 Å². The highest BCUT2D eigenvalue weighted by Gasteiger charge is 2.36. The molecule has 350 valence electrons. The number of morpholine rings is 1. The standard InChI is InChI=1S/C47H51F3N12O5/c48-36-26-58(18-15-38(36)67-21-2-4-29-3-1-5-33-41(34-12-13-40(63)55-46(34)64)57-62(43(29)33)31-10-11-31)24-28-6-8-30(9-7-28)61-27-37(42(56-61)44(49)50)53-47(65)35-23-52-60-19-16-39(54-45(35)60)59-20-22-66-32(25-59)14-17-51/h1,3,5,16,19,23,27-28,30-32,34,36,38,44H,6-15,18,20-22,24-26H2,(H,53,65)(H,55,63,64)/t28?,30?,32-,34?,36-,38+/m1/s1. The molecule has 17 nitrogen and oxygen atoms in total. The van der Waals surface area contributed by atoms with Gasteiger partial charge in [-0.25, -0.2) is 22.7 Å². The van der Waals surface area contributed by atoms with Gasteiger partial charge in [0.15, 0.2) is 11.3 Å². The van der Waals surface area contributed by atoms with E-state index in [2.05, 4.69) is 48.6 Å². The summed E-state index contributed by atoms with van der Waals surface area (Å²) in [4.78, 5) is 46.9. The summed E-state index contributed by atoms with van der Waals surface area (Å²) < 4.78 is 60.8. The third-order valence-electron chi connectivity index (χ3n) is 13.7. The van der Waals surface area contributed by atoms with Crippen molar-refractivity contribution in [3.8, 4) is 17.9 Å². The van der Waals surface area contributed by atoms with Gasteiger partial charge in [0.05, 0.1) is 78.0 Å². The first-order valence-electron chi connectivity index (χ1n) is 23.2. The molecule has 0 radical (unpaired) electrons. The van der Waals surface area contributed by atoms with Crippen LogP contribution in [0.4, 0.5) is 24.7 Å². The summed E-state index contributed by atoms with van der Waals surface area (Å²) >= 11 is 0. The Balaban J connectivity index is 0.712. The fraction of sp³-hybridized carbons (Fsp3) is 0.532. The lowest BCUT2D eigenvalue weighted by Crippen LogP contribution is -2.47. The maximum Gasteiger partial charge on any atom is 0.284 e. The van der Waals surface area contributed by atoms with Crippen LogP contribution >= 0.6 is 0 Å². The molecule has 1 unspecified atom stereocenters. The molecule has 1 aromatic carbocycles. The number of imide groups is 1. The zero-order chi connectivity index (χ0) is 46.2. The lowest BCUT2D eigenvalue weighted by Gasteiger charge is -2.38. The molecule has 4 aromatic heterocycles. The Morgan fingerprint density at radius 3 is 2.64 bits per heavy atom. The first-order chi connectivity index (χ1) is 32.6. The van der Waals surface area contributed by atoms with E-state index in [1.54, 1.807) is 16.9 Å². The molecule has 3 saturated heterocycles. The number of anilines is 2. The molecular formula is C47H51F3N12O5. The van der Waals surface area contributed by atoms with Crippen LogP contribution in [0.2, 0.25) is 0 Å². The highest BCUT2D eigenvalue weighted by atomic mass is 19.3. The second kappa shape index (κ2) is 19.1. The lowest BCUT2D eigenvalue weighted by molar-refractivity contribution is -0.134. The summed E-state index contributed by atoms with van der Waals surface area (Å²) in [5.41, 5.74) is 2.08. The molecule has 0 spiro atoms. The molecule has 10 rings (SSSR count). The number of nitrogens with one attached hydrogen (secondary N) is 2. The number of carbonyl (C=O) groups is 3. The van der Waals surface area contributed by atoms with Gasteiger partial charge in [0.25, 0.3) is 12.3 Å². The Kier molecular flexibility index (Phi) is 12.7. The average molecular weight is 921 g/mol. The first kappa shape index (κ1) is 44.5. The van der Waals surface area contributed by atoms with Crippen molar-refractivity contribution in [2.75, 3.05) is 56.2 Å². The Morgan fingerprint density at radius 2 is 1.87 bits per heavy atom. The van der Waals surface area contributed by atoms with Gasteiger partial charge in [0.1, 0.15) is 24.2 Å². The quantitative estimate of drug-likeness (QED) is 0.116. The van der Waals surface area contributed by atoms with Crippen molar-refractivity contribution in [1.29, 1.82) is 5.26 Å². The number of alkyl halides is 3. The van der Waals surface area contributed by atoms with E-state index in [4.69, 9.17) is 19.8 Å². The van der Waals surface area contributed by atoms with E-state index in [1.165, 1.54) is 16.9 Å². The number of likely N-dealkylation sites (tertiary alicyclic amines) is 1. The fourth-order valence-electron chi connectivity index (χ4n) is 10.0. The van der Waals surface area contributed by atoms with Crippen LogP contribution in [-0.2, 0) is 19.1 Å². The largest absolute Gasteiger partial charge is 0.373 e. The number of nitriles is 1. The van der Waals surface area contributed by atoms with Gasteiger partial charge in [-0.15, -0.1) is 0 Å². The summed E-state index contributed by atoms with van der Waals surface area (Å²) in [6.45, 7) is 3.17. The number of fused-ring (bicyclic) bond motifs is 2. The zero-order valence-corrected chi connectivity index (χ0v) is 36.8. The van der Waals surface area contributed by atoms with Crippen LogP contribution in [0.3, 0.4) is 0 Å². The summed E-state index contributed by atoms with van der Waals surface area (Å²) in [7, 11) is 0. The number of nitrogens with zero attached hydrogens (tertiary/aromatic N) is 10. The molecule has 5 aliphatic rings. The molecule has 3 amide bonds. The van der Waals surface area contributed by atoms with Gasteiger partial charge in [-0.05, 0) is 69.4 Å².